The van der Waals surface area contributed by atoms with E-state index < -0.39 is 10.0 Å². The van der Waals surface area contributed by atoms with Crippen LogP contribution in [0.1, 0.15) is 4.88 Å². The number of aliphatic hydroxyl groups is 1. The van der Waals surface area contributed by atoms with Gasteiger partial charge in [0.2, 0.25) is 10.0 Å². The molecule has 0 fully saturated rings. The first-order valence-electron chi connectivity index (χ1n) is 5.15. The second-order valence-corrected chi connectivity index (χ2v) is 6.57. The van der Waals surface area contributed by atoms with Crippen LogP contribution in [0.15, 0.2) is 29.2 Å². The molecule has 0 saturated carbocycles. The summed E-state index contributed by atoms with van der Waals surface area (Å²) in [6.45, 7) is 1.62. The van der Waals surface area contributed by atoms with Gasteiger partial charge in [0.15, 0.2) is 0 Å². The lowest BCUT2D eigenvalue weighted by Gasteiger charge is -2.05. The number of rotatable bonds is 4. The number of sulfonamides is 1. The number of aliphatic hydroxyl groups excluding tert-OH is 1. The fourth-order valence-electron chi connectivity index (χ4n) is 1.73. The van der Waals surface area contributed by atoms with Crippen LogP contribution in [0.4, 0.5) is 0 Å². The summed E-state index contributed by atoms with van der Waals surface area (Å²) >= 11 is 1.46. The fourth-order valence-corrected chi connectivity index (χ4v) is 4.56. The fraction of sp³-hybridized carbons (Fsp3) is 0.273. The summed E-state index contributed by atoms with van der Waals surface area (Å²) in [5, 5.41) is 9.42. The Morgan fingerprint density at radius 3 is 2.76 bits per heavy atom. The molecule has 0 saturated heterocycles. The Balaban J connectivity index is 2.58. The molecule has 1 heterocycles. The Morgan fingerprint density at radius 2 is 2.06 bits per heavy atom. The molecule has 0 atom stereocenters. The van der Waals surface area contributed by atoms with Gasteiger partial charge < -0.3 is 5.11 Å². The van der Waals surface area contributed by atoms with Gasteiger partial charge in [0.05, 0.1) is 6.61 Å². The Bertz CT molecular complexity index is 631. The highest BCUT2D eigenvalue weighted by molar-refractivity contribution is 7.90. The molecule has 6 heteroatoms. The second kappa shape index (κ2) is 4.73. The lowest BCUT2D eigenvalue weighted by molar-refractivity contribution is 0.301. The van der Waals surface area contributed by atoms with E-state index in [9.17, 15) is 8.42 Å². The van der Waals surface area contributed by atoms with Crippen LogP contribution in [0.3, 0.4) is 0 Å². The van der Waals surface area contributed by atoms with Gasteiger partial charge in [-0.15, -0.1) is 11.3 Å². The van der Waals surface area contributed by atoms with Crippen molar-refractivity contribution in [3.8, 4) is 0 Å². The highest BCUT2D eigenvalue weighted by atomic mass is 32.2. The molecule has 2 N–H and O–H groups in total. The van der Waals surface area contributed by atoms with Crippen molar-refractivity contribution in [2.75, 3.05) is 13.2 Å². The van der Waals surface area contributed by atoms with Gasteiger partial charge in [-0.3, -0.25) is 0 Å². The van der Waals surface area contributed by atoms with Crippen molar-refractivity contribution in [2.45, 2.75) is 11.8 Å². The summed E-state index contributed by atoms with van der Waals surface area (Å²) < 4.78 is 27.5. The molecule has 1 aromatic heterocycles. The molecule has 0 bridgehead atoms. The maximum Gasteiger partial charge on any atom is 0.242 e. The van der Waals surface area contributed by atoms with Crippen molar-refractivity contribution in [1.29, 1.82) is 0 Å². The van der Waals surface area contributed by atoms with E-state index in [1.54, 1.807) is 13.0 Å². The van der Waals surface area contributed by atoms with Gasteiger partial charge in [-0.1, -0.05) is 18.2 Å². The van der Waals surface area contributed by atoms with Crippen molar-refractivity contribution in [3.63, 3.8) is 0 Å². The van der Waals surface area contributed by atoms with Crippen molar-refractivity contribution in [1.82, 2.24) is 4.72 Å². The summed E-state index contributed by atoms with van der Waals surface area (Å²) in [7, 11) is -3.54. The van der Waals surface area contributed by atoms with Gasteiger partial charge in [0, 0.05) is 21.5 Å². The minimum absolute atomic E-state index is 0.0337. The van der Waals surface area contributed by atoms with E-state index in [1.165, 1.54) is 11.3 Å². The summed E-state index contributed by atoms with van der Waals surface area (Å²) in [5.41, 5.74) is 0. The summed E-state index contributed by atoms with van der Waals surface area (Å²) in [6.07, 6.45) is 0. The zero-order valence-electron chi connectivity index (χ0n) is 9.30. The molecule has 0 amide bonds. The van der Waals surface area contributed by atoms with Crippen molar-refractivity contribution < 1.29 is 13.5 Å². The third-order valence-corrected chi connectivity index (χ3v) is 5.25. The molecule has 17 heavy (non-hydrogen) atoms. The number of thiophene rings is 1. The average Bonchev–Trinajstić information content (AvgIpc) is 2.63. The molecule has 0 unspecified atom stereocenters. The molecule has 2 aromatic rings. The van der Waals surface area contributed by atoms with E-state index in [4.69, 9.17) is 5.11 Å². The van der Waals surface area contributed by atoms with Crippen molar-refractivity contribution >= 4 is 31.4 Å². The quantitative estimate of drug-likeness (QED) is 0.885. The van der Waals surface area contributed by atoms with E-state index in [1.807, 2.05) is 18.2 Å². The molecule has 0 radical (unpaired) electrons. The first kappa shape index (κ1) is 12.5. The zero-order chi connectivity index (χ0) is 12.5. The maximum atomic E-state index is 12.1. The Labute approximate surface area is 104 Å². The van der Waals surface area contributed by atoms with Gasteiger partial charge in [-0.05, 0) is 13.0 Å². The van der Waals surface area contributed by atoms with Crippen LogP contribution in [-0.2, 0) is 10.0 Å². The highest BCUT2D eigenvalue weighted by Crippen LogP contribution is 2.33. The molecule has 4 nitrogen and oxygen atoms in total. The van der Waals surface area contributed by atoms with Crippen LogP contribution in [0.5, 0.6) is 0 Å². The summed E-state index contributed by atoms with van der Waals surface area (Å²) in [4.78, 5) is 1.09. The van der Waals surface area contributed by atoms with Gasteiger partial charge >= 0.3 is 0 Å². The SMILES string of the molecule is Cc1sc2ccccc2c1S(=O)(=O)NCCO. The average molecular weight is 271 g/mol. The smallest absolute Gasteiger partial charge is 0.242 e. The molecule has 1 aromatic carbocycles. The van der Waals surface area contributed by atoms with Crippen LogP contribution in [0, 0.1) is 6.92 Å². The Kier molecular flexibility index (Phi) is 3.48. The second-order valence-electron chi connectivity index (χ2n) is 3.60. The molecule has 92 valence electrons. The molecule has 0 aliphatic carbocycles. The third kappa shape index (κ3) is 2.35. The largest absolute Gasteiger partial charge is 0.395 e. The van der Waals surface area contributed by atoms with Gasteiger partial charge in [0.1, 0.15) is 4.90 Å². The van der Waals surface area contributed by atoms with Crippen LogP contribution < -0.4 is 4.72 Å². The van der Waals surface area contributed by atoms with E-state index in [-0.39, 0.29) is 13.2 Å². The number of hydrogen-bond acceptors (Lipinski definition) is 4. The first-order chi connectivity index (χ1) is 8.06. The Hall–Kier alpha value is -0.950. The van der Waals surface area contributed by atoms with Gasteiger partial charge in [-0.25, -0.2) is 13.1 Å². The molecule has 2 rings (SSSR count). The van der Waals surface area contributed by atoms with Crippen LogP contribution in [-0.4, -0.2) is 26.7 Å². The lowest BCUT2D eigenvalue weighted by Crippen LogP contribution is -2.26. The topological polar surface area (TPSA) is 66.4 Å². The van der Waals surface area contributed by atoms with Crippen molar-refractivity contribution in [2.24, 2.45) is 0 Å². The number of aryl methyl sites for hydroxylation is 1. The predicted octanol–water partition coefficient (Wildman–Crippen LogP) is 1.48. The molecular formula is C11H13NO3S2. The minimum atomic E-state index is -3.54. The number of benzene rings is 1. The molecule has 0 aliphatic rings. The van der Waals surface area contributed by atoms with E-state index >= 15 is 0 Å². The van der Waals surface area contributed by atoms with Crippen LogP contribution in [0.2, 0.25) is 0 Å². The van der Waals surface area contributed by atoms with Crippen molar-refractivity contribution in [3.05, 3.63) is 29.1 Å². The van der Waals surface area contributed by atoms with Crippen LogP contribution >= 0.6 is 11.3 Å². The maximum absolute atomic E-state index is 12.1. The monoisotopic (exact) mass is 271 g/mol. The third-order valence-electron chi connectivity index (χ3n) is 2.39. The van der Waals surface area contributed by atoms with Gasteiger partial charge in [0.25, 0.3) is 0 Å². The summed E-state index contributed by atoms with van der Waals surface area (Å²) in [6, 6.07) is 7.40. The zero-order valence-corrected chi connectivity index (χ0v) is 10.9. The molecule has 0 aliphatic heterocycles. The normalized spacial score (nSPS) is 12.1. The first-order valence-corrected chi connectivity index (χ1v) is 7.45. The number of hydrogen-bond donors (Lipinski definition) is 2. The minimum Gasteiger partial charge on any atom is -0.395 e. The van der Waals surface area contributed by atoms with Gasteiger partial charge in [-0.2, -0.15) is 0 Å². The standard InChI is InChI=1S/C11H13NO3S2/c1-8-11(17(14,15)12-6-7-13)9-4-2-3-5-10(9)16-8/h2-5,12-13H,6-7H2,1H3. The number of fused-ring (bicyclic) bond motifs is 1. The van der Waals surface area contributed by atoms with Crippen LogP contribution in [0.25, 0.3) is 10.1 Å². The van der Waals surface area contributed by atoms with E-state index in [0.29, 0.717) is 4.90 Å². The number of nitrogens with one attached hydrogen (secondary N) is 1. The van der Waals surface area contributed by atoms with E-state index in [2.05, 4.69) is 4.72 Å². The Morgan fingerprint density at radius 1 is 1.35 bits per heavy atom. The predicted molar refractivity (Wildman–Crippen MR) is 68.8 cm³/mol. The summed E-state index contributed by atoms with van der Waals surface area (Å²) in [5.74, 6) is 0. The van der Waals surface area contributed by atoms with E-state index in [0.717, 1.165) is 15.0 Å². The highest BCUT2D eigenvalue weighted by Gasteiger charge is 2.21. The lowest BCUT2D eigenvalue weighted by atomic mass is 10.2. The molecular weight excluding hydrogens is 258 g/mol. The molecule has 0 spiro atoms.